The van der Waals surface area contributed by atoms with E-state index in [2.05, 4.69) is 4.74 Å². The molecule has 0 saturated carbocycles. The molecule has 4 heteroatoms. The van der Waals surface area contributed by atoms with Crippen molar-refractivity contribution in [3.05, 3.63) is 24.0 Å². The van der Waals surface area contributed by atoms with Crippen LogP contribution in [0.3, 0.4) is 0 Å². The van der Waals surface area contributed by atoms with Crippen LogP contribution >= 0.6 is 0 Å². The van der Waals surface area contributed by atoms with Gasteiger partial charge in [0.1, 0.15) is 5.76 Å². The zero-order valence-corrected chi connectivity index (χ0v) is 9.44. The van der Waals surface area contributed by atoms with Crippen LogP contribution in [0.25, 0.3) is 0 Å². The summed E-state index contributed by atoms with van der Waals surface area (Å²) in [5.74, 6) is -0.335. The molecule has 0 aliphatic carbocycles. The maximum Gasteiger partial charge on any atom is 0.330 e. The van der Waals surface area contributed by atoms with Crippen LogP contribution in [-0.4, -0.2) is 19.0 Å². The maximum absolute atomic E-state index is 10.8. The Labute approximate surface area is 89.6 Å². The van der Waals surface area contributed by atoms with Crippen LogP contribution in [0.1, 0.15) is 20.8 Å². The number of carbonyl (C=O) groups is 2. The smallest absolute Gasteiger partial charge is 0.330 e. The van der Waals surface area contributed by atoms with Gasteiger partial charge >= 0.3 is 11.9 Å². The first-order valence-corrected chi connectivity index (χ1v) is 4.62. The Morgan fingerprint density at radius 2 is 1.80 bits per heavy atom. The Bertz CT molecular complexity index is 287. The van der Waals surface area contributed by atoms with Crippen LogP contribution in [0.2, 0.25) is 0 Å². The Hall–Kier alpha value is -1.58. The van der Waals surface area contributed by atoms with E-state index in [1.54, 1.807) is 6.08 Å². The average Bonchev–Trinajstić information content (AvgIpc) is 2.11. The standard InChI is InChI=1S/C11H16O4/c1-8(2)7-10(15-9(3)12)5-6-11(13)14-4/h5-8H,1-4H3/b6-5+,10-7+. The van der Waals surface area contributed by atoms with Crippen LogP contribution in [-0.2, 0) is 19.1 Å². The van der Waals surface area contributed by atoms with Gasteiger partial charge in [0.2, 0.25) is 0 Å². The zero-order valence-electron chi connectivity index (χ0n) is 9.44. The number of ether oxygens (including phenoxy) is 2. The summed E-state index contributed by atoms with van der Waals surface area (Å²) < 4.78 is 9.30. The molecule has 0 aromatic carbocycles. The van der Waals surface area contributed by atoms with Gasteiger partial charge < -0.3 is 9.47 Å². The van der Waals surface area contributed by atoms with Crippen molar-refractivity contribution in [1.29, 1.82) is 0 Å². The average molecular weight is 212 g/mol. The second-order valence-corrected chi connectivity index (χ2v) is 3.26. The van der Waals surface area contributed by atoms with E-state index in [1.807, 2.05) is 13.8 Å². The van der Waals surface area contributed by atoms with Crippen LogP contribution < -0.4 is 0 Å². The number of methoxy groups -OCH3 is 1. The van der Waals surface area contributed by atoms with E-state index in [1.165, 1.54) is 26.2 Å². The van der Waals surface area contributed by atoms with Gasteiger partial charge in [0.15, 0.2) is 0 Å². The summed E-state index contributed by atoms with van der Waals surface area (Å²) in [6.07, 6.45) is 4.35. The molecule has 0 unspecified atom stereocenters. The Morgan fingerprint density at radius 1 is 1.20 bits per heavy atom. The fourth-order valence-electron chi connectivity index (χ4n) is 0.836. The lowest BCUT2D eigenvalue weighted by molar-refractivity contribution is -0.137. The van der Waals surface area contributed by atoms with E-state index >= 15 is 0 Å². The first-order chi connectivity index (χ1) is 6.95. The Balaban J connectivity index is 4.58. The molecule has 0 rings (SSSR count). The van der Waals surface area contributed by atoms with Crippen molar-refractivity contribution in [2.75, 3.05) is 7.11 Å². The lowest BCUT2D eigenvalue weighted by Gasteiger charge is -2.03. The number of carbonyl (C=O) groups excluding carboxylic acids is 2. The first-order valence-electron chi connectivity index (χ1n) is 4.62. The van der Waals surface area contributed by atoms with Gasteiger partial charge in [-0.05, 0) is 18.1 Å². The first kappa shape index (κ1) is 13.4. The largest absolute Gasteiger partial charge is 0.466 e. The molecule has 0 aromatic rings. The van der Waals surface area contributed by atoms with Crippen molar-refractivity contribution in [2.45, 2.75) is 20.8 Å². The third kappa shape index (κ3) is 7.49. The summed E-state index contributed by atoms with van der Waals surface area (Å²) in [6, 6.07) is 0. The number of esters is 2. The fraction of sp³-hybridized carbons (Fsp3) is 0.455. The third-order valence-corrected chi connectivity index (χ3v) is 1.34. The number of hydrogen-bond donors (Lipinski definition) is 0. The molecule has 0 aliphatic rings. The monoisotopic (exact) mass is 212 g/mol. The van der Waals surface area contributed by atoms with Crippen LogP contribution in [0.5, 0.6) is 0 Å². The topological polar surface area (TPSA) is 52.6 Å². The van der Waals surface area contributed by atoms with Crippen molar-refractivity contribution in [3.63, 3.8) is 0 Å². The van der Waals surface area contributed by atoms with Crippen LogP contribution in [0.4, 0.5) is 0 Å². The molecule has 0 bridgehead atoms. The predicted octanol–water partition coefficient (Wildman–Crippen LogP) is 1.82. The molecule has 15 heavy (non-hydrogen) atoms. The van der Waals surface area contributed by atoms with Crippen molar-refractivity contribution < 1.29 is 19.1 Å². The third-order valence-electron chi connectivity index (χ3n) is 1.34. The highest BCUT2D eigenvalue weighted by Crippen LogP contribution is 2.06. The van der Waals surface area contributed by atoms with E-state index in [9.17, 15) is 9.59 Å². The lowest BCUT2D eigenvalue weighted by atomic mass is 10.2. The second-order valence-electron chi connectivity index (χ2n) is 3.26. The summed E-state index contributed by atoms with van der Waals surface area (Å²) in [6.45, 7) is 5.19. The van der Waals surface area contributed by atoms with Gasteiger partial charge in [-0.2, -0.15) is 0 Å². The molecular weight excluding hydrogens is 196 g/mol. The molecule has 0 amide bonds. The van der Waals surface area contributed by atoms with Crippen molar-refractivity contribution in [2.24, 2.45) is 5.92 Å². The molecule has 0 atom stereocenters. The van der Waals surface area contributed by atoms with Gasteiger partial charge in [-0.3, -0.25) is 4.79 Å². The van der Waals surface area contributed by atoms with Gasteiger partial charge in [-0.1, -0.05) is 13.8 Å². The molecule has 0 saturated heterocycles. The summed E-state index contributed by atoms with van der Waals surface area (Å²) >= 11 is 0. The maximum atomic E-state index is 10.8. The summed E-state index contributed by atoms with van der Waals surface area (Å²) in [5, 5.41) is 0. The van der Waals surface area contributed by atoms with Crippen molar-refractivity contribution >= 4 is 11.9 Å². The molecule has 0 aliphatic heterocycles. The Kier molecular flexibility index (Phi) is 6.09. The van der Waals surface area contributed by atoms with E-state index in [0.29, 0.717) is 5.76 Å². The van der Waals surface area contributed by atoms with Crippen LogP contribution in [0.15, 0.2) is 24.0 Å². The number of rotatable bonds is 4. The lowest BCUT2D eigenvalue weighted by Crippen LogP contribution is -2.00. The van der Waals surface area contributed by atoms with E-state index in [4.69, 9.17) is 4.74 Å². The van der Waals surface area contributed by atoms with Crippen LogP contribution in [0, 0.1) is 5.92 Å². The highest BCUT2D eigenvalue weighted by Gasteiger charge is 2.01. The molecule has 84 valence electrons. The molecule has 0 spiro atoms. The molecule has 0 heterocycles. The fourth-order valence-corrected chi connectivity index (χ4v) is 0.836. The highest BCUT2D eigenvalue weighted by atomic mass is 16.5. The Morgan fingerprint density at radius 3 is 2.20 bits per heavy atom. The summed E-state index contributed by atoms with van der Waals surface area (Å²) in [5.41, 5.74) is 0. The van der Waals surface area contributed by atoms with Gasteiger partial charge in [0, 0.05) is 13.0 Å². The summed E-state index contributed by atoms with van der Waals surface area (Å²) in [7, 11) is 1.28. The van der Waals surface area contributed by atoms with Crippen molar-refractivity contribution in [3.8, 4) is 0 Å². The molecule has 4 nitrogen and oxygen atoms in total. The number of allylic oxidation sites excluding steroid dienone is 2. The van der Waals surface area contributed by atoms with Gasteiger partial charge in [-0.15, -0.1) is 0 Å². The van der Waals surface area contributed by atoms with E-state index < -0.39 is 11.9 Å². The molecule has 0 fully saturated rings. The van der Waals surface area contributed by atoms with E-state index in [-0.39, 0.29) is 5.92 Å². The van der Waals surface area contributed by atoms with Gasteiger partial charge in [-0.25, -0.2) is 4.79 Å². The predicted molar refractivity (Wildman–Crippen MR) is 55.8 cm³/mol. The normalized spacial score (nSPS) is 11.9. The molecule has 0 N–H and O–H groups in total. The highest BCUT2D eigenvalue weighted by molar-refractivity contribution is 5.82. The van der Waals surface area contributed by atoms with Gasteiger partial charge in [0.05, 0.1) is 7.11 Å². The molecular formula is C11H16O4. The molecule has 0 aromatic heterocycles. The minimum absolute atomic E-state index is 0.224. The summed E-state index contributed by atoms with van der Waals surface area (Å²) in [4.78, 5) is 21.5. The zero-order chi connectivity index (χ0) is 11.8. The van der Waals surface area contributed by atoms with Gasteiger partial charge in [0.25, 0.3) is 0 Å². The minimum atomic E-state index is -0.489. The van der Waals surface area contributed by atoms with E-state index in [0.717, 1.165) is 0 Å². The minimum Gasteiger partial charge on any atom is -0.466 e. The second kappa shape index (κ2) is 6.81. The SMILES string of the molecule is COC(=O)/C=C/C(=C\C(C)C)OC(C)=O. The van der Waals surface area contributed by atoms with Crippen molar-refractivity contribution in [1.82, 2.24) is 0 Å². The quantitative estimate of drug-likeness (QED) is 0.309. The molecule has 0 radical (unpaired) electrons. The number of hydrogen-bond acceptors (Lipinski definition) is 4.